The Balaban J connectivity index is 2.77. The smallest absolute Gasteiger partial charge is 0.150 e. The Labute approximate surface area is 88.8 Å². The van der Waals surface area contributed by atoms with Crippen molar-refractivity contribution in [2.75, 3.05) is 13.0 Å². The van der Waals surface area contributed by atoms with Gasteiger partial charge in [0, 0.05) is 18.6 Å². The van der Waals surface area contributed by atoms with Gasteiger partial charge in [-0.15, -0.1) is 11.6 Å². The van der Waals surface area contributed by atoms with Crippen LogP contribution in [-0.2, 0) is 4.74 Å². The van der Waals surface area contributed by atoms with E-state index >= 15 is 0 Å². The van der Waals surface area contributed by atoms with E-state index in [0.29, 0.717) is 11.4 Å². The highest BCUT2D eigenvalue weighted by atomic mass is 35.5. The molecule has 0 radical (unpaired) electrons. The summed E-state index contributed by atoms with van der Waals surface area (Å²) < 4.78 is 5.28. The zero-order valence-corrected chi connectivity index (χ0v) is 8.83. The molecule has 0 saturated heterocycles. The lowest BCUT2D eigenvalue weighted by atomic mass is 10.1. The van der Waals surface area contributed by atoms with E-state index < -0.39 is 0 Å². The first kappa shape index (κ1) is 11.2. The normalized spacial score (nSPS) is 12.4. The van der Waals surface area contributed by atoms with Crippen molar-refractivity contribution >= 4 is 17.9 Å². The van der Waals surface area contributed by atoms with Gasteiger partial charge in [-0.25, -0.2) is 0 Å². The minimum absolute atomic E-state index is 0.0215. The second-order valence-electron chi connectivity index (χ2n) is 2.99. The molecule has 0 heterocycles. The summed E-state index contributed by atoms with van der Waals surface area (Å²) in [5, 5.41) is 0. The highest BCUT2D eigenvalue weighted by molar-refractivity contribution is 6.17. The first-order valence-corrected chi connectivity index (χ1v) is 4.99. The van der Waals surface area contributed by atoms with Crippen molar-refractivity contribution in [2.24, 2.45) is 0 Å². The molecular weight excluding hydrogens is 200 g/mol. The molecule has 1 atom stereocenters. The minimum Gasteiger partial charge on any atom is -0.377 e. The summed E-state index contributed by atoms with van der Waals surface area (Å²) in [7, 11) is 1.66. The van der Waals surface area contributed by atoms with Crippen LogP contribution in [0.3, 0.4) is 0 Å². The van der Waals surface area contributed by atoms with E-state index in [1.54, 1.807) is 19.2 Å². The van der Waals surface area contributed by atoms with Crippen molar-refractivity contribution in [1.82, 2.24) is 0 Å². The van der Waals surface area contributed by atoms with E-state index in [9.17, 15) is 4.79 Å². The average Bonchev–Trinajstić information content (AvgIpc) is 2.26. The van der Waals surface area contributed by atoms with Crippen LogP contribution < -0.4 is 0 Å². The van der Waals surface area contributed by atoms with Gasteiger partial charge in [0.05, 0.1) is 6.10 Å². The Morgan fingerprint density at radius 2 is 2.07 bits per heavy atom. The van der Waals surface area contributed by atoms with Crippen LogP contribution >= 0.6 is 11.6 Å². The second-order valence-corrected chi connectivity index (χ2v) is 3.36. The molecule has 1 aromatic rings. The number of carbonyl (C=O) groups excluding carboxylic acids is 1. The molecule has 3 heteroatoms. The number of aldehydes is 1. The van der Waals surface area contributed by atoms with Crippen molar-refractivity contribution < 1.29 is 9.53 Å². The molecular formula is C11H13ClO2. The van der Waals surface area contributed by atoms with Gasteiger partial charge >= 0.3 is 0 Å². The third-order valence-electron chi connectivity index (χ3n) is 2.10. The summed E-state index contributed by atoms with van der Waals surface area (Å²) in [5.41, 5.74) is 1.73. The lowest BCUT2D eigenvalue weighted by molar-refractivity contribution is 0.101. The molecule has 2 nitrogen and oxygen atoms in total. The summed E-state index contributed by atoms with van der Waals surface area (Å²) in [6, 6.07) is 7.35. The summed E-state index contributed by atoms with van der Waals surface area (Å²) >= 11 is 5.65. The van der Waals surface area contributed by atoms with Crippen LogP contribution in [-0.4, -0.2) is 19.3 Å². The maximum absolute atomic E-state index is 10.4. The van der Waals surface area contributed by atoms with Crippen molar-refractivity contribution in [2.45, 2.75) is 12.5 Å². The van der Waals surface area contributed by atoms with Crippen LogP contribution in [0.4, 0.5) is 0 Å². The van der Waals surface area contributed by atoms with Crippen LogP contribution in [0.5, 0.6) is 0 Å². The molecule has 76 valence electrons. The molecule has 14 heavy (non-hydrogen) atoms. The number of hydrogen-bond donors (Lipinski definition) is 0. The van der Waals surface area contributed by atoms with E-state index in [2.05, 4.69) is 0 Å². The van der Waals surface area contributed by atoms with Gasteiger partial charge in [0.2, 0.25) is 0 Å². The van der Waals surface area contributed by atoms with Crippen LogP contribution in [0.1, 0.15) is 28.4 Å². The molecule has 1 rings (SSSR count). The first-order valence-electron chi connectivity index (χ1n) is 4.45. The Morgan fingerprint density at radius 3 is 2.50 bits per heavy atom. The van der Waals surface area contributed by atoms with Gasteiger partial charge in [-0.3, -0.25) is 4.79 Å². The number of benzene rings is 1. The maximum Gasteiger partial charge on any atom is 0.150 e. The third-order valence-corrected chi connectivity index (χ3v) is 2.32. The average molecular weight is 213 g/mol. The number of rotatable bonds is 5. The highest BCUT2D eigenvalue weighted by Gasteiger charge is 2.08. The van der Waals surface area contributed by atoms with Gasteiger partial charge in [-0.2, -0.15) is 0 Å². The fourth-order valence-corrected chi connectivity index (χ4v) is 1.51. The van der Waals surface area contributed by atoms with Crippen molar-refractivity contribution in [3.05, 3.63) is 35.4 Å². The molecule has 0 aliphatic carbocycles. The van der Waals surface area contributed by atoms with Crippen molar-refractivity contribution in [1.29, 1.82) is 0 Å². The van der Waals surface area contributed by atoms with Crippen LogP contribution in [0.25, 0.3) is 0 Å². The summed E-state index contributed by atoms with van der Waals surface area (Å²) in [6.45, 7) is 0. The number of methoxy groups -OCH3 is 1. The molecule has 0 aliphatic rings. The summed E-state index contributed by atoms with van der Waals surface area (Å²) in [4.78, 5) is 10.4. The molecule has 0 fully saturated rings. The molecule has 1 aromatic carbocycles. The topological polar surface area (TPSA) is 26.3 Å². The maximum atomic E-state index is 10.4. The van der Waals surface area contributed by atoms with E-state index in [1.165, 1.54) is 0 Å². The number of hydrogen-bond acceptors (Lipinski definition) is 2. The van der Waals surface area contributed by atoms with Gasteiger partial charge in [0.15, 0.2) is 0 Å². The van der Waals surface area contributed by atoms with Gasteiger partial charge in [0.25, 0.3) is 0 Å². The number of halogens is 1. The molecule has 0 amide bonds. The largest absolute Gasteiger partial charge is 0.377 e. The van der Waals surface area contributed by atoms with E-state index in [0.717, 1.165) is 18.3 Å². The van der Waals surface area contributed by atoms with Crippen LogP contribution in [0.2, 0.25) is 0 Å². The zero-order chi connectivity index (χ0) is 10.4. The monoisotopic (exact) mass is 212 g/mol. The minimum atomic E-state index is 0.0215. The fraction of sp³-hybridized carbons (Fsp3) is 0.364. The number of ether oxygens (including phenoxy) is 1. The number of alkyl halides is 1. The molecule has 0 aliphatic heterocycles. The summed E-state index contributed by atoms with van der Waals surface area (Å²) in [5.74, 6) is 0.563. The predicted molar refractivity (Wildman–Crippen MR) is 56.9 cm³/mol. The highest BCUT2D eigenvalue weighted by Crippen LogP contribution is 2.20. The first-order chi connectivity index (χ1) is 6.81. The molecule has 0 saturated carbocycles. The number of carbonyl (C=O) groups is 1. The predicted octanol–water partition coefficient (Wildman–Crippen LogP) is 2.82. The third kappa shape index (κ3) is 2.82. The van der Waals surface area contributed by atoms with Gasteiger partial charge in [0.1, 0.15) is 6.29 Å². The SMILES string of the molecule is COC(CCCl)c1ccc(C=O)cc1. The van der Waals surface area contributed by atoms with E-state index in [4.69, 9.17) is 16.3 Å². The molecule has 0 spiro atoms. The van der Waals surface area contributed by atoms with E-state index in [1.807, 2.05) is 12.1 Å². The van der Waals surface area contributed by atoms with Crippen molar-refractivity contribution in [3.8, 4) is 0 Å². The van der Waals surface area contributed by atoms with Crippen LogP contribution in [0, 0.1) is 0 Å². The van der Waals surface area contributed by atoms with Gasteiger partial charge in [-0.1, -0.05) is 24.3 Å². The Morgan fingerprint density at radius 1 is 1.43 bits per heavy atom. The second kappa shape index (κ2) is 5.78. The Hall–Kier alpha value is -0.860. The lowest BCUT2D eigenvalue weighted by Gasteiger charge is -2.13. The lowest BCUT2D eigenvalue weighted by Crippen LogP contribution is -2.02. The van der Waals surface area contributed by atoms with Crippen molar-refractivity contribution in [3.63, 3.8) is 0 Å². The van der Waals surface area contributed by atoms with Gasteiger partial charge in [-0.05, 0) is 12.0 Å². The Bertz CT molecular complexity index is 282. The molecule has 0 N–H and O–H groups in total. The quantitative estimate of drug-likeness (QED) is 0.554. The fourth-order valence-electron chi connectivity index (χ4n) is 1.31. The molecule has 0 bridgehead atoms. The molecule has 0 aromatic heterocycles. The Kier molecular flexibility index (Phi) is 4.63. The zero-order valence-electron chi connectivity index (χ0n) is 8.07. The molecule has 1 unspecified atom stereocenters. The standard InChI is InChI=1S/C11H13ClO2/c1-14-11(6-7-12)10-4-2-9(8-13)3-5-10/h2-5,8,11H,6-7H2,1H3. The van der Waals surface area contributed by atoms with Crippen LogP contribution in [0.15, 0.2) is 24.3 Å². The van der Waals surface area contributed by atoms with Gasteiger partial charge < -0.3 is 4.74 Å². The summed E-state index contributed by atoms with van der Waals surface area (Å²) in [6.07, 6.45) is 1.62. The van der Waals surface area contributed by atoms with E-state index in [-0.39, 0.29) is 6.10 Å².